The van der Waals surface area contributed by atoms with E-state index >= 15 is 0 Å². The van der Waals surface area contributed by atoms with E-state index in [9.17, 15) is 13.2 Å². The second-order valence-electron chi connectivity index (χ2n) is 6.93. The Balaban J connectivity index is 1.75. The molecule has 7 heteroatoms. The van der Waals surface area contributed by atoms with Gasteiger partial charge in [0.15, 0.2) is 0 Å². The van der Waals surface area contributed by atoms with E-state index in [0.29, 0.717) is 18.7 Å². The van der Waals surface area contributed by atoms with Gasteiger partial charge in [-0.05, 0) is 63.1 Å². The number of nitrogens with zero attached hydrogens (tertiary/aromatic N) is 2. The maximum Gasteiger partial charge on any atom is 0.252 e. The number of aromatic nitrogens is 1. The predicted molar refractivity (Wildman–Crippen MR) is 99.2 cm³/mol. The van der Waals surface area contributed by atoms with Gasteiger partial charge in [0, 0.05) is 24.8 Å². The Bertz CT molecular complexity index is 872. The number of rotatable bonds is 5. The third kappa shape index (κ3) is 3.78. The molecular formula is C19H23N3O3S. The summed E-state index contributed by atoms with van der Waals surface area (Å²) in [6.07, 6.45) is 3.46. The number of sulfonamides is 1. The van der Waals surface area contributed by atoms with Crippen molar-refractivity contribution in [3.63, 3.8) is 0 Å². The van der Waals surface area contributed by atoms with Gasteiger partial charge in [-0.2, -0.15) is 4.31 Å². The van der Waals surface area contributed by atoms with Crippen molar-refractivity contribution in [2.45, 2.75) is 37.1 Å². The second-order valence-corrected chi connectivity index (χ2v) is 8.87. The van der Waals surface area contributed by atoms with Crippen molar-refractivity contribution >= 4 is 15.9 Å². The fourth-order valence-corrected chi connectivity index (χ4v) is 4.53. The van der Waals surface area contributed by atoms with Crippen molar-refractivity contribution < 1.29 is 13.2 Å². The van der Waals surface area contributed by atoms with Crippen molar-refractivity contribution in [1.29, 1.82) is 0 Å². The smallest absolute Gasteiger partial charge is 0.252 e. The van der Waals surface area contributed by atoms with Crippen LogP contribution in [0, 0.1) is 0 Å². The first-order valence-corrected chi connectivity index (χ1v) is 10.1. The highest BCUT2D eigenvalue weighted by atomic mass is 32.2. The first-order chi connectivity index (χ1) is 12.3. The van der Waals surface area contributed by atoms with E-state index in [2.05, 4.69) is 10.3 Å². The van der Waals surface area contributed by atoms with Gasteiger partial charge >= 0.3 is 0 Å². The van der Waals surface area contributed by atoms with Gasteiger partial charge < -0.3 is 5.32 Å². The van der Waals surface area contributed by atoms with E-state index in [-0.39, 0.29) is 10.8 Å². The van der Waals surface area contributed by atoms with Crippen LogP contribution in [0.1, 0.15) is 42.7 Å². The van der Waals surface area contributed by atoms with Gasteiger partial charge in [-0.15, -0.1) is 0 Å². The minimum atomic E-state index is -3.47. The molecule has 138 valence electrons. The average Bonchev–Trinajstić information content (AvgIpc) is 3.18. The van der Waals surface area contributed by atoms with Crippen molar-refractivity contribution in [3.05, 3.63) is 59.9 Å². The van der Waals surface area contributed by atoms with Crippen molar-refractivity contribution in [2.24, 2.45) is 0 Å². The summed E-state index contributed by atoms with van der Waals surface area (Å²) in [5, 5.41) is 2.94. The molecule has 1 fully saturated rings. The minimum Gasteiger partial charge on any atom is -0.342 e. The Kier molecular flexibility index (Phi) is 5.11. The zero-order valence-corrected chi connectivity index (χ0v) is 15.8. The first kappa shape index (κ1) is 18.5. The fraction of sp³-hybridized carbons (Fsp3) is 0.368. The highest BCUT2D eigenvalue weighted by Gasteiger charge is 2.28. The molecule has 1 N–H and O–H groups in total. The summed E-state index contributed by atoms with van der Waals surface area (Å²) in [6, 6.07) is 11.6. The molecule has 2 aromatic rings. The van der Waals surface area contributed by atoms with Gasteiger partial charge in [-0.3, -0.25) is 9.78 Å². The molecule has 0 saturated carbocycles. The van der Waals surface area contributed by atoms with Crippen LogP contribution in [0.3, 0.4) is 0 Å². The summed E-state index contributed by atoms with van der Waals surface area (Å²) in [5.41, 5.74) is 0.523. The van der Waals surface area contributed by atoms with Gasteiger partial charge in [0.2, 0.25) is 10.0 Å². The van der Waals surface area contributed by atoms with E-state index in [4.69, 9.17) is 0 Å². The quantitative estimate of drug-likeness (QED) is 0.873. The van der Waals surface area contributed by atoms with Crippen LogP contribution in [-0.4, -0.2) is 36.7 Å². The van der Waals surface area contributed by atoms with Crippen LogP contribution >= 0.6 is 0 Å². The monoisotopic (exact) mass is 373 g/mol. The summed E-state index contributed by atoms with van der Waals surface area (Å²) in [7, 11) is -3.47. The zero-order chi connectivity index (χ0) is 18.8. The average molecular weight is 373 g/mol. The fourth-order valence-electron chi connectivity index (χ4n) is 3.01. The molecule has 0 atom stereocenters. The van der Waals surface area contributed by atoms with Gasteiger partial charge in [0.25, 0.3) is 5.91 Å². The number of nitrogens with one attached hydrogen (secondary N) is 1. The van der Waals surface area contributed by atoms with Gasteiger partial charge in [-0.25, -0.2) is 8.42 Å². The molecule has 6 nitrogen and oxygen atoms in total. The van der Waals surface area contributed by atoms with Crippen LogP contribution in [-0.2, 0) is 15.6 Å². The molecule has 1 aromatic carbocycles. The maximum atomic E-state index is 12.6. The molecule has 1 aromatic heterocycles. The molecular weight excluding hydrogens is 350 g/mol. The van der Waals surface area contributed by atoms with E-state index in [0.717, 1.165) is 18.5 Å². The number of carbonyl (C=O) groups excluding carboxylic acids is 1. The molecule has 0 spiro atoms. The molecule has 2 heterocycles. The predicted octanol–water partition coefficient (Wildman–Crippen LogP) is 2.53. The number of amides is 1. The lowest BCUT2D eigenvalue weighted by Gasteiger charge is -2.25. The molecule has 0 unspecified atom stereocenters. The summed E-state index contributed by atoms with van der Waals surface area (Å²) in [5.74, 6) is -0.272. The largest absolute Gasteiger partial charge is 0.342 e. The molecule has 3 rings (SSSR count). The zero-order valence-electron chi connectivity index (χ0n) is 15.0. The van der Waals surface area contributed by atoms with Crippen LogP contribution in [0.2, 0.25) is 0 Å². The van der Waals surface area contributed by atoms with Gasteiger partial charge in [0.05, 0.1) is 16.1 Å². The Labute approximate surface area is 154 Å². The number of pyridine rings is 1. The highest BCUT2D eigenvalue weighted by molar-refractivity contribution is 7.89. The number of benzene rings is 1. The molecule has 1 aliphatic heterocycles. The summed E-state index contributed by atoms with van der Waals surface area (Å²) >= 11 is 0. The lowest BCUT2D eigenvalue weighted by Crippen LogP contribution is -2.41. The van der Waals surface area contributed by atoms with Crippen molar-refractivity contribution in [3.8, 4) is 0 Å². The SMILES string of the molecule is CC(C)(NC(=O)c1ccc(S(=O)(=O)N2CCCC2)cc1)c1ccccn1. The van der Waals surface area contributed by atoms with E-state index in [1.807, 2.05) is 32.0 Å². The topological polar surface area (TPSA) is 79.4 Å². The molecule has 0 aliphatic carbocycles. The van der Waals surface area contributed by atoms with Gasteiger partial charge in [0.1, 0.15) is 0 Å². The molecule has 1 amide bonds. The number of hydrogen-bond donors (Lipinski definition) is 1. The van der Waals surface area contributed by atoms with E-state index < -0.39 is 15.6 Å². The van der Waals surface area contributed by atoms with Crippen molar-refractivity contribution in [1.82, 2.24) is 14.6 Å². The van der Waals surface area contributed by atoms with Crippen LogP contribution in [0.4, 0.5) is 0 Å². The third-order valence-electron chi connectivity index (χ3n) is 4.55. The van der Waals surface area contributed by atoms with E-state index in [1.54, 1.807) is 18.3 Å². The lowest BCUT2D eigenvalue weighted by atomic mass is 9.99. The molecule has 1 saturated heterocycles. The van der Waals surface area contributed by atoms with Crippen LogP contribution in [0.25, 0.3) is 0 Å². The third-order valence-corrected chi connectivity index (χ3v) is 6.46. The van der Waals surface area contributed by atoms with Crippen LogP contribution in [0.15, 0.2) is 53.6 Å². The summed E-state index contributed by atoms with van der Waals surface area (Å²) < 4.78 is 26.6. The summed E-state index contributed by atoms with van der Waals surface area (Å²) in [4.78, 5) is 17.1. The second kappa shape index (κ2) is 7.17. The standard InChI is InChI=1S/C19H23N3O3S/c1-19(2,17-7-3-4-12-20-17)21-18(23)15-8-10-16(11-9-15)26(24,25)22-13-5-6-14-22/h3-4,7-12H,5-6,13-14H2,1-2H3,(H,21,23). The number of hydrogen-bond acceptors (Lipinski definition) is 4. The normalized spacial score (nSPS) is 15.8. The summed E-state index contributed by atoms with van der Waals surface area (Å²) in [6.45, 7) is 4.87. The molecule has 0 bridgehead atoms. The maximum absolute atomic E-state index is 12.6. The Morgan fingerprint density at radius 1 is 1.08 bits per heavy atom. The molecule has 0 radical (unpaired) electrons. The Hall–Kier alpha value is -2.25. The van der Waals surface area contributed by atoms with Crippen LogP contribution in [0.5, 0.6) is 0 Å². The van der Waals surface area contributed by atoms with Gasteiger partial charge in [-0.1, -0.05) is 6.07 Å². The van der Waals surface area contributed by atoms with Crippen LogP contribution < -0.4 is 5.32 Å². The molecule has 26 heavy (non-hydrogen) atoms. The molecule has 1 aliphatic rings. The first-order valence-electron chi connectivity index (χ1n) is 8.65. The van der Waals surface area contributed by atoms with Crippen molar-refractivity contribution in [2.75, 3.05) is 13.1 Å². The lowest BCUT2D eigenvalue weighted by molar-refractivity contribution is 0.0910. The van der Waals surface area contributed by atoms with E-state index in [1.165, 1.54) is 16.4 Å². The Morgan fingerprint density at radius 2 is 1.73 bits per heavy atom. The number of carbonyl (C=O) groups is 1. The highest BCUT2D eigenvalue weighted by Crippen LogP contribution is 2.22. The minimum absolute atomic E-state index is 0.222. The Morgan fingerprint density at radius 3 is 2.31 bits per heavy atom.